The Morgan fingerprint density at radius 1 is 0.889 bits per heavy atom. The largest absolute Gasteiger partial charge is 0.478 e. The van der Waals surface area contributed by atoms with Crippen molar-refractivity contribution in [3.05, 3.63) is 71.8 Å². The van der Waals surface area contributed by atoms with Gasteiger partial charge in [0.15, 0.2) is 0 Å². The molecule has 8 heteroatoms. The molecule has 2 aromatic carbocycles. The van der Waals surface area contributed by atoms with Gasteiger partial charge in [-0.05, 0) is 11.1 Å². The van der Waals surface area contributed by atoms with Crippen LogP contribution in [-0.4, -0.2) is 40.5 Å². The normalized spacial score (nSPS) is 12.5. The molecular weight excluding hydrogens is 352 g/mol. The molecule has 0 aromatic heterocycles. The lowest BCUT2D eigenvalue weighted by atomic mass is 10.1. The molecule has 2 aromatic rings. The molecule has 27 heavy (non-hydrogen) atoms. The SMILES string of the molecule is O=C(NC(Cc1ccccc1)C(=O)NC(O)C(=O)O)OCc1ccccc1. The molecule has 0 saturated heterocycles. The molecule has 2 unspecified atom stereocenters. The second kappa shape index (κ2) is 9.93. The summed E-state index contributed by atoms with van der Waals surface area (Å²) in [6.45, 7) is 0.0180. The van der Waals surface area contributed by atoms with Gasteiger partial charge >= 0.3 is 12.1 Å². The van der Waals surface area contributed by atoms with E-state index < -0.39 is 30.2 Å². The standard InChI is InChI=1S/C19H20N2O6/c22-16(21-17(23)18(24)25)15(11-13-7-3-1-4-8-13)20-19(26)27-12-14-9-5-2-6-10-14/h1-10,15,17,23H,11-12H2,(H,20,26)(H,21,22)(H,24,25). The number of carbonyl (C=O) groups excluding carboxylic acids is 2. The molecule has 0 aliphatic rings. The number of carboxylic acid groups (broad SMARTS) is 1. The van der Waals surface area contributed by atoms with Gasteiger partial charge in [-0.15, -0.1) is 0 Å². The summed E-state index contributed by atoms with van der Waals surface area (Å²) in [5.74, 6) is -2.45. The molecule has 0 radical (unpaired) electrons. The first-order valence-electron chi connectivity index (χ1n) is 8.18. The summed E-state index contributed by atoms with van der Waals surface area (Å²) in [6, 6.07) is 16.7. The predicted octanol–water partition coefficient (Wildman–Crippen LogP) is 1.04. The van der Waals surface area contributed by atoms with Gasteiger partial charge in [0.05, 0.1) is 0 Å². The number of hydrogen-bond acceptors (Lipinski definition) is 5. The Labute approximate surface area is 155 Å². The Hall–Kier alpha value is -3.39. The zero-order valence-electron chi connectivity index (χ0n) is 14.4. The zero-order chi connectivity index (χ0) is 19.6. The summed E-state index contributed by atoms with van der Waals surface area (Å²) < 4.78 is 5.09. The van der Waals surface area contributed by atoms with Gasteiger partial charge in [0.1, 0.15) is 12.6 Å². The van der Waals surface area contributed by atoms with E-state index in [-0.39, 0.29) is 13.0 Å². The molecule has 2 amide bonds. The Balaban J connectivity index is 2.00. The van der Waals surface area contributed by atoms with Crippen molar-refractivity contribution in [3.63, 3.8) is 0 Å². The molecule has 0 aliphatic carbocycles. The van der Waals surface area contributed by atoms with Crippen LogP contribution in [0.25, 0.3) is 0 Å². The number of aliphatic hydroxyl groups is 1. The summed E-state index contributed by atoms with van der Waals surface area (Å²) in [5, 5.41) is 22.4. The van der Waals surface area contributed by atoms with Gasteiger partial charge in [-0.1, -0.05) is 60.7 Å². The minimum absolute atomic E-state index is 0.0180. The van der Waals surface area contributed by atoms with Gasteiger partial charge in [0, 0.05) is 6.42 Å². The number of carbonyl (C=O) groups is 3. The van der Waals surface area contributed by atoms with Gasteiger partial charge < -0.3 is 25.6 Å². The highest BCUT2D eigenvalue weighted by atomic mass is 16.5. The zero-order valence-corrected chi connectivity index (χ0v) is 14.4. The molecule has 0 aliphatic heterocycles. The third-order valence-electron chi connectivity index (χ3n) is 3.62. The summed E-state index contributed by atoms with van der Waals surface area (Å²) in [4.78, 5) is 35.0. The van der Waals surface area contributed by atoms with Crippen molar-refractivity contribution in [2.75, 3.05) is 0 Å². The second-order valence-electron chi connectivity index (χ2n) is 5.70. The van der Waals surface area contributed by atoms with Crippen LogP contribution in [0.3, 0.4) is 0 Å². The van der Waals surface area contributed by atoms with Crippen LogP contribution in [0.15, 0.2) is 60.7 Å². The molecule has 0 bridgehead atoms. The lowest BCUT2D eigenvalue weighted by Crippen LogP contribution is -2.52. The minimum atomic E-state index is -2.07. The van der Waals surface area contributed by atoms with Crippen LogP contribution in [0.1, 0.15) is 11.1 Å². The van der Waals surface area contributed by atoms with Crippen molar-refractivity contribution < 1.29 is 29.3 Å². The third kappa shape index (κ3) is 6.79. The summed E-state index contributed by atoms with van der Waals surface area (Å²) in [6.07, 6.45) is -2.81. The monoisotopic (exact) mass is 372 g/mol. The van der Waals surface area contributed by atoms with Crippen molar-refractivity contribution in [1.29, 1.82) is 0 Å². The van der Waals surface area contributed by atoms with E-state index in [1.54, 1.807) is 54.6 Å². The first kappa shape index (κ1) is 19.9. The van der Waals surface area contributed by atoms with Gasteiger partial charge in [0.25, 0.3) is 0 Å². The number of nitrogens with one attached hydrogen (secondary N) is 2. The van der Waals surface area contributed by atoms with Crippen LogP contribution < -0.4 is 10.6 Å². The van der Waals surface area contributed by atoms with E-state index >= 15 is 0 Å². The van der Waals surface area contributed by atoms with Crippen molar-refractivity contribution in [3.8, 4) is 0 Å². The van der Waals surface area contributed by atoms with Crippen LogP contribution >= 0.6 is 0 Å². The Kier molecular flexibility index (Phi) is 7.33. The molecule has 8 nitrogen and oxygen atoms in total. The Bertz CT molecular complexity index is 766. The minimum Gasteiger partial charge on any atom is -0.478 e. The van der Waals surface area contributed by atoms with Crippen LogP contribution in [0, 0.1) is 0 Å². The highest BCUT2D eigenvalue weighted by Gasteiger charge is 2.26. The van der Waals surface area contributed by atoms with Crippen LogP contribution in [0.2, 0.25) is 0 Å². The number of rotatable bonds is 8. The van der Waals surface area contributed by atoms with E-state index in [9.17, 15) is 19.5 Å². The smallest absolute Gasteiger partial charge is 0.408 e. The molecule has 0 spiro atoms. The number of ether oxygens (including phenoxy) is 1. The number of carboxylic acids is 1. The molecular formula is C19H20N2O6. The Morgan fingerprint density at radius 3 is 2.00 bits per heavy atom. The van der Waals surface area contributed by atoms with Gasteiger partial charge in [-0.3, -0.25) is 4.79 Å². The number of benzene rings is 2. The van der Waals surface area contributed by atoms with Crippen molar-refractivity contribution in [1.82, 2.24) is 10.6 Å². The number of hydrogen-bond donors (Lipinski definition) is 4. The van der Waals surface area contributed by atoms with Gasteiger partial charge in [-0.2, -0.15) is 0 Å². The Morgan fingerprint density at radius 2 is 1.44 bits per heavy atom. The van der Waals surface area contributed by atoms with Gasteiger partial charge in [-0.25, -0.2) is 9.59 Å². The number of aliphatic carboxylic acids is 1. The van der Waals surface area contributed by atoms with Crippen LogP contribution in [0.5, 0.6) is 0 Å². The van der Waals surface area contributed by atoms with Crippen molar-refractivity contribution >= 4 is 18.0 Å². The van der Waals surface area contributed by atoms with Gasteiger partial charge in [0.2, 0.25) is 12.1 Å². The summed E-state index contributed by atoms with van der Waals surface area (Å²) >= 11 is 0. The lowest BCUT2D eigenvalue weighted by molar-refractivity contribution is -0.151. The fourth-order valence-electron chi connectivity index (χ4n) is 2.26. The number of amides is 2. The topological polar surface area (TPSA) is 125 Å². The molecule has 142 valence electrons. The quantitative estimate of drug-likeness (QED) is 0.513. The van der Waals surface area contributed by atoms with E-state index in [2.05, 4.69) is 5.32 Å². The van der Waals surface area contributed by atoms with Crippen molar-refractivity contribution in [2.45, 2.75) is 25.3 Å². The average molecular weight is 372 g/mol. The average Bonchev–Trinajstić information content (AvgIpc) is 2.67. The van der Waals surface area contributed by atoms with E-state index in [1.807, 2.05) is 11.4 Å². The number of alkyl carbamates (subject to hydrolysis) is 1. The third-order valence-corrected chi connectivity index (χ3v) is 3.62. The maximum Gasteiger partial charge on any atom is 0.408 e. The highest BCUT2D eigenvalue weighted by molar-refractivity contribution is 5.88. The molecule has 2 rings (SSSR count). The molecule has 0 fully saturated rings. The second-order valence-corrected chi connectivity index (χ2v) is 5.70. The maximum atomic E-state index is 12.3. The molecule has 0 saturated carbocycles. The van der Waals surface area contributed by atoms with E-state index in [0.29, 0.717) is 0 Å². The molecule has 4 N–H and O–H groups in total. The van der Waals surface area contributed by atoms with E-state index in [4.69, 9.17) is 9.84 Å². The number of aliphatic hydroxyl groups excluding tert-OH is 1. The molecule has 0 heterocycles. The fourth-order valence-corrected chi connectivity index (χ4v) is 2.26. The van der Waals surface area contributed by atoms with E-state index in [0.717, 1.165) is 11.1 Å². The van der Waals surface area contributed by atoms with Crippen LogP contribution in [-0.2, 0) is 27.4 Å². The first-order chi connectivity index (χ1) is 13.0. The lowest BCUT2D eigenvalue weighted by Gasteiger charge is -2.19. The molecule has 2 atom stereocenters. The van der Waals surface area contributed by atoms with Crippen molar-refractivity contribution in [2.24, 2.45) is 0 Å². The fraction of sp³-hybridized carbons (Fsp3) is 0.211. The van der Waals surface area contributed by atoms with E-state index in [1.165, 1.54) is 0 Å². The maximum absolute atomic E-state index is 12.3. The summed E-state index contributed by atoms with van der Waals surface area (Å²) in [5.41, 5.74) is 1.52. The van der Waals surface area contributed by atoms with Crippen LogP contribution in [0.4, 0.5) is 4.79 Å². The highest BCUT2D eigenvalue weighted by Crippen LogP contribution is 2.05. The predicted molar refractivity (Wildman–Crippen MR) is 95.5 cm³/mol. The first-order valence-corrected chi connectivity index (χ1v) is 8.18. The summed E-state index contributed by atoms with van der Waals surface area (Å²) in [7, 11) is 0.